The molecule has 0 aliphatic carbocycles. The summed E-state index contributed by atoms with van der Waals surface area (Å²) in [6.45, 7) is 3.54. The average molecular weight is 302 g/mol. The van der Waals surface area contributed by atoms with Crippen molar-refractivity contribution < 1.29 is 8.42 Å². The van der Waals surface area contributed by atoms with E-state index in [4.69, 9.17) is 0 Å². The summed E-state index contributed by atoms with van der Waals surface area (Å²) in [6, 6.07) is -0.161. The van der Waals surface area contributed by atoms with Crippen molar-refractivity contribution >= 4 is 10.0 Å². The molecule has 1 aromatic rings. The van der Waals surface area contributed by atoms with Crippen molar-refractivity contribution in [3.8, 4) is 0 Å². The molecule has 1 aliphatic heterocycles. The van der Waals surface area contributed by atoms with Gasteiger partial charge in [0.05, 0.1) is 0 Å². The van der Waals surface area contributed by atoms with Crippen molar-refractivity contribution in [3.05, 3.63) is 27.0 Å². The van der Waals surface area contributed by atoms with Crippen LogP contribution in [0.15, 0.2) is 20.7 Å². The maximum absolute atomic E-state index is 12.6. The van der Waals surface area contributed by atoms with Gasteiger partial charge in [-0.25, -0.2) is 13.2 Å². The molecule has 1 atom stereocenters. The van der Waals surface area contributed by atoms with Crippen LogP contribution in [0.1, 0.15) is 19.8 Å². The number of nitrogens with zero attached hydrogens (tertiary/aromatic N) is 1. The largest absolute Gasteiger partial charge is 0.325 e. The zero-order valence-electron chi connectivity index (χ0n) is 11.2. The number of nitrogens with one attached hydrogen (secondary N) is 3. The van der Waals surface area contributed by atoms with Crippen LogP contribution in [-0.4, -0.2) is 48.4 Å². The van der Waals surface area contributed by atoms with E-state index in [0.717, 1.165) is 12.7 Å². The van der Waals surface area contributed by atoms with E-state index in [9.17, 15) is 18.0 Å². The van der Waals surface area contributed by atoms with Gasteiger partial charge < -0.3 is 10.3 Å². The zero-order valence-corrected chi connectivity index (χ0v) is 12.0. The third-order valence-electron chi connectivity index (χ3n) is 3.26. The highest BCUT2D eigenvalue weighted by atomic mass is 32.2. The molecule has 20 heavy (non-hydrogen) atoms. The maximum atomic E-state index is 12.6. The fourth-order valence-electron chi connectivity index (χ4n) is 2.32. The quantitative estimate of drug-likeness (QED) is 0.633. The minimum Gasteiger partial charge on any atom is -0.315 e. The van der Waals surface area contributed by atoms with Crippen LogP contribution in [0.25, 0.3) is 0 Å². The summed E-state index contributed by atoms with van der Waals surface area (Å²) in [6.07, 6.45) is 2.32. The predicted molar refractivity (Wildman–Crippen MR) is 73.1 cm³/mol. The molecular weight excluding hydrogens is 284 g/mol. The Morgan fingerprint density at radius 2 is 2.15 bits per heavy atom. The van der Waals surface area contributed by atoms with Gasteiger partial charge in [0.2, 0.25) is 10.0 Å². The molecule has 2 heterocycles. The second-order valence-electron chi connectivity index (χ2n) is 4.70. The van der Waals surface area contributed by atoms with E-state index in [1.54, 1.807) is 0 Å². The van der Waals surface area contributed by atoms with Gasteiger partial charge in [0.25, 0.3) is 5.56 Å². The Bertz CT molecular complexity index is 672. The normalized spacial score (nSPS) is 19.6. The van der Waals surface area contributed by atoms with Crippen molar-refractivity contribution in [2.75, 3.05) is 19.6 Å². The molecule has 1 aromatic heterocycles. The van der Waals surface area contributed by atoms with E-state index in [0.29, 0.717) is 25.9 Å². The Morgan fingerprint density at radius 1 is 1.40 bits per heavy atom. The molecule has 3 N–H and O–H groups in total. The van der Waals surface area contributed by atoms with Crippen LogP contribution in [0, 0.1) is 0 Å². The first-order valence-electron chi connectivity index (χ1n) is 6.51. The van der Waals surface area contributed by atoms with Gasteiger partial charge in [-0.05, 0) is 19.4 Å². The van der Waals surface area contributed by atoms with Crippen molar-refractivity contribution in [1.82, 2.24) is 19.6 Å². The monoisotopic (exact) mass is 302 g/mol. The predicted octanol–water partition coefficient (Wildman–Crippen LogP) is -1.17. The molecule has 0 radical (unpaired) electrons. The molecule has 0 saturated carbocycles. The molecule has 1 aliphatic rings. The summed E-state index contributed by atoms with van der Waals surface area (Å²) < 4.78 is 26.5. The summed E-state index contributed by atoms with van der Waals surface area (Å²) >= 11 is 0. The first-order valence-corrected chi connectivity index (χ1v) is 7.95. The van der Waals surface area contributed by atoms with Gasteiger partial charge in [-0.15, -0.1) is 0 Å². The zero-order chi connectivity index (χ0) is 14.8. The van der Waals surface area contributed by atoms with E-state index in [1.807, 2.05) is 11.9 Å². The Morgan fingerprint density at radius 3 is 2.70 bits per heavy atom. The average Bonchev–Trinajstić information content (AvgIpc) is 2.88. The van der Waals surface area contributed by atoms with Gasteiger partial charge in [0.1, 0.15) is 0 Å². The third-order valence-corrected chi connectivity index (χ3v) is 5.21. The first-order chi connectivity index (χ1) is 9.46. The van der Waals surface area contributed by atoms with Crippen LogP contribution in [0.2, 0.25) is 0 Å². The molecule has 1 unspecified atom stereocenters. The molecule has 0 bridgehead atoms. The van der Waals surface area contributed by atoms with Gasteiger partial charge in [0.15, 0.2) is 4.90 Å². The minimum absolute atomic E-state index is 0.161. The number of aromatic amines is 2. The topological polar surface area (TPSA) is 115 Å². The lowest BCUT2D eigenvalue weighted by atomic mass is 10.2. The summed E-state index contributed by atoms with van der Waals surface area (Å²) in [5.74, 6) is 0. The lowest BCUT2D eigenvalue weighted by molar-refractivity contribution is 0.334. The smallest absolute Gasteiger partial charge is 0.315 e. The Hall–Kier alpha value is -1.45. The van der Waals surface area contributed by atoms with Gasteiger partial charge in [0, 0.05) is 25.3 Å². The molecule has 1 saturated heterocycles. The highest BCUT2D eigenvalue weighted by Gasteiger charge is 2.34. The minimum atomic E-state index is -3.91. The number of hydrogen-bond donors (Lipinski definition) is 3. The number of H-pyrrole nitrogens is 2. The molecule has 112 valence electrons. The van der Waals surface area contributed by atoms with E-state index < -0.39 is 26.2 Å². The molecule has 0 aromatic carbocycles. The van der Waals surface area contributed by atoms with Crippen molar-refractivity contribution in [2.45, 2.75) is 30.7 Å². The van der Waals surface area contributed by atoms with E-state index >= 15 is 0 Å². The van der Waals surface area contributed by atoms with Gasteiger partial charge in [-0.1, -0.05) is 6.92 Å². The van der Waals surface area contributed by atoms with Crippen LogP contribution >= 0.6 is 0 Å². The van der Waals surface area contributed by atoms with E-state index in [-0.39, 0.29) is 6.04 Å². The molecule has 9 heteroatoms. The number of sulfonamides is 1. The highest BCUT2D eigenvalue weighted by molar-refractivity contribution is 7.89. The molecule has 0 amide bonds. The fourth-order valence-corrected chi connectivity index (χ4v) is 4.06. The fraction of sp³-hybridized carbons (Fsp3) is 0.636. The van der Waals surface area contributed by atoms with E-state index in [1.165, 1.54) is 4.31 Å². The van der Waals surface area contributed by atoms with Crippen LogP contribution in [0.3, 0.4) is 0 Å². The van der Waals surface area contributed by atoms with Crippen LogP contribution < -0.4 is 16.6 Å². The molecule has 8 nitrogen and oxygen atoms in total. The highest BCUT2D eigenvalue weighted by Crippen LogP contribution is 2.18. The maximum Gasteiger partial charge on any atom is 0.325 e. The molecule has 2 rings (SSSR count). The standard InChI is InChI=1S/C11H18N4O4S/c1-2-5-15(8-3-4-12-6-8)20(18,19)9-7-13-11(17)14-10(9)16/h7-8,12H,2-6H2,1H3,(H2,13,14,16,17). The Labute approximate surface area is 116 Å². The summed E-state index contributed by atoms with van der Waals surface area (Å²) in [5.41, 5.74) is -1.61. The summed E-state index contributed by atoms with van der Waals surface area (Å²) in [4.78, 5) is 26.4. The summed E-state index contributed by atoms with van der Waals surface area (Å²) in [7, 11) is -3.91. The Kier molecular flexibility index (Phi) is 4.41. The van der Waals surface area contributed by atoms with Crippen molar-refractivity contribution in [2.24, 2.45) is 0 Å². The third kappa shape index (κ3) is 2.84. The van der Waals surface area contributed by atoms with Crippen LogP contribution in [0.4, 0.5) is 0 Å². The molecule has 0 spiro atoms. The summed E-state index contributed by atoms with van der Waals surface area (Å²) in [5, 5.41) is 3.11. The number of hydrogen-bond acceptors (Lipinski definition) is 5. The SMILES string of the molecule is CCCN(C1CCNC1)S(=O)(=O)c1c[nH]c(=O)[nH]c1=O. The number of aromatic nitrogens is 2. The van der Waals surface area contributed by atoms with Gasteiger partial charge in [-0.2, -0.15) is 4.31 Å². The molecular formula is C11H18N4O4S. The lowest BCUT2D eigenvalue weighted by Crippen LogP contribution is -2.44. The molecule has 1 fully saturated rings. The van der Waals surface area contributed by atoms with Crippen LogP contribution in [0.5, 0.6) is 0 Å². The van der Waals surface area contributed by atoms with Gasteiger partial charge in [-0.3, -0.25) is 9.78 Å². The van der Waals surface area contributed by atoms with Crippen LogP contribution in [-0.2, 0) is 10.0 Å². The van der Waals surface area contributed by atoms with Crippen molar-refractivity contribution in [3.63, 3.8) is 0 Å². The van der Waals surface area contributed by atoms with E-state index in [2.05, 4.69) is 10.3 Å². The Balaban J connectivity index is 2.44. The first kappa shape index (κ1) is 14.9. The number of rotatable bonds is 5. The second-order valence-corrected chi connectivity index (χ2v) is 6.56. The van der Waals surface area contributed by atoms with Crippen molar-refractivity contribution in [1.29, 1.82) is 0 Å². The second kappa shape index (κ2) is 5.90. The lowest BCUT2D eigenvalue weighted by Gasteiger charge is -2.26. The van der Waals surface area contributed by atoms with Gasteiger partial charge >= 0.3 is 5.69 Å².